The summed E-state index contributed by atoms with van der Waals surface area (Å²) in [6, 6.07) is 10.6. The zero-order valence-electron chi connectivity index (χ0n) is 10.4. The van der Waals surface area contributed by atoms with Crippen molar-refractivity contribution in [1.29, 1.82) is 0 Å². The SMILES string of the molecule is CN1CC(N)(c2ccccc2)CCC12CC2.Cl. The number of likely N-dealkylation sites (N-methyl/N-ethyl adjacent to an activating group) is 1. The fourth-order valence-electron chi connectivity index (χ4n) is 3.10. The number of likely N-dealkylation sites (tertiary alicyclic amines) is 1. The second-order valence-corrected chi connectivity index (χ2v) is 5.60. The average Bonchev–Trinajstić information content (AvgIpc) is 3.07. The maximum Gasteiger partial charge on any atom is 0.0539 e. The topological polar surface area (TPSA) is 29.3 Å². The van der Waals surface area contributed by atoms with Crippen LogP contribution in [0.4, 0.5) is 0 Å². The molecule has 0 radical (unpaired) electrons. The van der Waals surface area contributed by atoms with E-state index < -0.39 is 0 Å². The molecule has 2 N–H and O–H groups in total. The van der Waals surface area contributed by atoms with Crippen molar-refractivity contribution in [3.63, 3.8) is 0 Å². The van der Waals surface area contributed by atoms with Gasteiger partial charge in [-0.3, -0.25) is 4.90 Å². The van der Waals surface area contributed by atoms with Gasteiger partial charge >= 0.3 is 0 Å². The fourth-order valence-corrected chi connectivity index (χ4v) is 3.10. The molecule has 1 spiro atoms. The molecule has 3 heteroatoms. The van der Waals surface area contributed by atoms with Gasteiger partial charge in [-0.1, -0.05) is 30.3 Å². The summed E-state index contributed by atoms with van der Waals surface area (Å²) in [5, 5.41) is 0. The van der Waals surface area contributed by atoms with E-state index >= 15 is 0 Å². The summed E-state index contributed by atoms with van der Waals surface area (Å²) in [5.74, 6) is 0. The minimum absolute atomic E-state index is 0. The van der Waals surface area contributed by atoms with E-state index in [2.05, 4.69) is 42.3 Å². The van der Waals surface area contributed by atoms with Gasteiger partial charge in [0.1, 0.15) is 0 Å². The van der Waals surface area contributed by atoms with Gasteiger partial charge < -0.3 is 5.73 Å². The third-order valence-electron chi connectivity index (χ3n) is 4.54. The van der Waals surface area contributed by atoms with E-state index in [9.17, 15) is 0 Å². The van der Waals surface area contributed by atoms with Crippen molar-refractivity contribution in [2.75, 3.05) is 13.6 Å². The smallest absolute Gasteiger partial charge is 0.0539 e. The number of halogens is 1. The molecule has 1 aromatic rings. The molecule has 2 aliphatic rings. The Hall–Kier alpha value is -0.570. The first-order valence-corrected chi connectivity index (χ1v) is 6.20. The summed E-state index contributed by atoms with van der Waals surface area (Å²) < 4.78 is 0. The summed E-state index contributed by atoms with van der Waals surface area (Å²) in [4.78, 5) is 2.49. The Kier molecular flexibility index (Phi) is 3.23. The van der Waals surface area contributed by atoms with Gasteiger partial charge in [-0.15, -0.1) is 12.4 Å². The van der Waals surface area contributed by atoms with Crippen LogP contribution in [0, 0.1) is 0 Å². The summed E-state index contributed by atoms with van der Waals surface area (Å²) in [5.41, 5.74) is 8.26. The molecule has 0 aromatic heterocycles. The molecule has 1 unspecified atom stereocenters. The van der Waals surface area contributed by atoms with Gasteiger partial charge in [0.25, 0.3) is 0 Å². The Bertz CT molecular complexity index is 388. The molecule has 1 heterocycles. The van der Waals surface area contributed by atoms with Gasteiger partial charge in [0.05, 0.1) is 5.54 Å². The standard InChI is InChI=1S/C14H20N2.ClH/c1-16-11-14(15,10-9-13(16)7-8-13)12-5-3-2-4-6-12;/h2-6H,7-11,15H2,1H3;1H. The lowest BCUT2D eigenvalue weighted by Crippen LogP contribution is -2.55. The van der Waals surface area contributed by atoms with Crippen LogP contribution >= 0.6 is 12.4 Å². The lowest BCUT2D eigenvalue weighted by Gasteiger charge is -2.44. The second kappa shape index (κ2) is 4.27. The molecule has 2 nitrogen and oxygen atoms in total. The van der Waals surface area contributed by atoms with Crippen LogP contribution < -0.4 is 5.73 Å². The Morgan fingerprint density at radius 1 is 1.06 bits per heavy atom. The maximum atomic E-state index is 6.58. The molecule has 1 aromatic carbocycles. The largest absolute Gasteiger partial charge is 0.320 e. The monoisotopic (exact) mass is 252 g/mol. The molecule has 17 heavy (non-hydrogen) atoms. The average molecular weight is 253 g/mol. The van der Waals surface area contributed by atoms with Gasteiger partial charge in [-0.05, 0) is 38.3 Å². The van der Waals surface area contributed by atoms with Gasteiger partial charge in [-0.2, -0.15) is 0 Å². The Morgan fingerprint density at radius 2 is 1.65 bits per heavy atom. The van der Waals surface area contributed by atoms with E-state index in [-0.39, 0.29) is 17.9 Å². The quantitative estimate of drug-likeness (QED) is 0.832. The van der Waals surface area contributed by atoms with Crippen molar-refractivity contribution in [2.24, 2.45) is 5.73 Å². The lowest BCUT2D eigenvalue weighted by molar-refractivity contribution is 0.0992. The number of hydrogen-bond donors (Lipinski definition) is 1. The number of hydrogen-bond acceptors (Lipinski definition) is 2. The molecule has 3 rings (SSSR count). The van der Waals surface area contributed by atoms with Gasteiger partial charge in [0.15, 0.2) is 0 Å². The highest BCUT2D eigenvalue weighted by atomic mass is 35.5. The van der Waals surface area contributed by atoms with E-state index in [1.165, 1.54) is 24.8 Å². The summed E-state index contributed by atoms with van der Waals surface area (Å²) in [7, 11) is 2.23. The highest BCUT2D eigenvalue weighted by molar-refractivity contribution is 5.85. The van der Waals surface area contributed by atoms with Crippen LogP contribution in [0.3, 0.4) is 0 Å². The van der Waals surface area contributed by atoms with E-state index in [1.54, 1.807) is 0 Å². The third kappa shape index (κ3) is 2.10. The summed E-state index contributed by atoms with van der Waals surface area (Å²) >= 11 is 0. The van der Waals surface area contributed by atoms with Crippen molar-refractivity contribution in [1.82, 2.24) is 4.90 Å². The molecule has 1 aliphatic carbocycles. The van der Waals surface area contributed by atoms with Crippen LogP contribution in [0.5, 0.6) is 0 Å². The van der Waals surface area contributed by atoms with Crippen molar-refractivity contribution in [3.8, 4) is 0 Å². The van der Waals surface area contributed by atoms with Crippen LogP contribution in [-0.2, 0) is 5.54 Å². The minimum atomic E-state index is -0.135. The van der Waals surface area contributed by atoms with Crippen LogP contribution in [0.15, 0.2) is 30.3 Å². The minimum Gasteiger partial charge on any atom is -0.320 e. The molecule has 94 valence electrons. The van der Waals surface area contributed by atoms with E-state index in [4.69, 9.17) is 5.73 Å². The highest BCUT2D eigenvalue weighted by Gasteiger charge is 2.52. The number of rotatable bonds is 1. The van der Waals surface area contributed by atoms with Gasteiger partial charge in [0.2, 0.25) is 0 Å². The predicted octanol–water partition coefficient (Wildman–Crippen LogP) is 2.52. The zero-order chi connectivity index (χ0) is 11.2. The molecular weight excluding hydrogens is 232 g/mol. The van der Waals surface area contributed by atoms with Crippen molar-refractivity contribution < 1.29 is 0 Å². The Morgan fingerprint density at radius 3 is 2.18 bits per heavy atom. The second-order valence-electron chi connectivity index (χ2n) is 5.60. The first kappa shape index (κ1) is 12.9. The molecule has 1 atom stereocenters. The third-order valence-corrected chi connectivity index (χ3v) is 4.54. The Labute approximate surface area is 110 Å². The van der Waals surface area contributed by atoms with Crippen LogP contribution in [0.25, 0.3) is 0 Å². The predicted molar refractivity (Wildman–Crippen MR) is 73.4 cm³/mol. The van der Waals surface area contributed by atoms with Crippen molar-refractivity contribution >= 4 is 12.4 Å². The number of piperidine rings is 1. The molecule has 1 aliphatic heterocycles. The normalized spacial score (nSPS) is 30.9. The van der Waals surface area contributed by atoms with E-state index in [0.29, 0.717) is 5.54 Å². The number of nitrogens with zero attached hydrogens (tertiary/aromatic N) is 1. The summed E-state index contributed by atoms with van der Waals surface area (Å²) in [6.45, 7) is 0.997. The summed E-state index contributed by atoms with van der Waals surface area (Å²) in [6.07, 6.45) is 5.12. The van der Waals surface area contributed by atoms with Crippen LogP contribution in [-0.4, -0.2) is 24.0 Å². The number of nitrogens with two attached hydrogens (primary N) is 1. The lowest BCUT2D eigenvalue weighted by atomic mass is 9.80. The molecule has 1 saturated carbocycles. The molecule has 2 fully saturated rings. The zero-order valence-corrected chi connectivity index (χ0v) is 11.2. The fraction of sp³-hybridized carbons (Fsp3) is 0.571. The number of benzene rings is 1. The van der Waals surface area contributed by atoms with Crippen molar-refractivity contribution in [2.45, 2.75) is 36.8 Å². The van der Waals surface area contributed by atoms with E-state index in [0.717, 1.165) is 13.0 Å². The molecule has 1 saturated heterocycles. The van der Waals surface area contributed by atoms with E-state index in [1.807, 2.05) is 0 Å². The molecular formula is C14H21ClN2. The van der Waals surface area contributed by atoms with Crippen molar-refractivity contribution in [3.05, 3.63) is 35.9 Å². The van der Waals surface area contributed by atoms with Crippen LogP contribution in [0.1, 0.15) is 31.2 Å². The van der Waals surface area contributed by atoms with Crippen LogP contribution in [0.2, 0.25) is 0 Å². The first-order valence-electron chi connectivity index (χ1n) is 6.20. The van der Waals surface area contributed by atoms with Gasteiger partial charge in [-0.25, -0.2) is 0 Å². The molecule has 0 bridgehead atoms. The highest BCUT2D eigenvalue weighted by Crippen LogP contribution is 2.50. The Balaban J connectivity index is 0.00000108. The molecule has 0 amide bonds. The van der Waals surface area contributed by atoms with Gasteiger partial charge in [0, 0.05) is 12.1 Å². The first-order chi connectivity index (χ1) is 7.65. The maximum absolute atomic E-state index is 6.58.